The zero-order valence-corrected chi connectivity index (χ0v) is 17.0. The van der Waals surface area contributed by atoms with E-state index in [1.165, 1.54) is 10.6 Å². The van der Waals surface area contributed by atoms with E-state index in [9.17, 15) is 5.21 Å². The van der Waals surface area contributed by atoms with Gasteiger partial charge in [0.2, 0.25) is 0 Å². The van der Waals surface area contributed by atoms with Crippen molar-refractivity contribution < 1.29 is 14.7 Å². The Morgan fingerprint density at radius 1 is 1.36 bits per heavy atom. The van der Waals surface area contributed by atoms with Crippen LogP contribution in [0, 0.1) is 0 Å². The van der Waals surface area contributed by atoms with Crippen molar-refractivity contribution in [2.24, 2.45) is 0 Å². The second-order valence-corrected chi connectivity index (χ2v) is 9.06. The van der Waals surface area contributed by atoms with Gasteiger partial charge in [-0.2, -0.15) is 15.5 Å². The standard InChI is InChI=1S/C20H26N4O3S/c1-28(2)10-9-27-14-23-13-17(16-3-6-24(25)12-16)19-20(23)21-11-18(22-19)15-4-7-26-8-5-15/h3-4,11,13,25H,1,5-10,12,14H2,2H3/t28-/m0/s1. The lowest BCUT2D eigenvalue weighted by Gasteiger charge is -2.13. The molecule has 0 saturated carbocycles. The number of hydroxylamine groups is 2. The van der Waals surface area contributed by atoms with Crippen molar-refractivity contribution in [1.29, 1.82) is 0 Å². The van der Waals surface area contributed by atoms with Crippen molar-refractivity contribution in [2.45, 2.75) is 13.2 Å². The van der Waals surface area contributed by atoms with Crippen LogP contribution in [-0.4, -0.2) is 75.6 Å². The third-order valence-corrected chi connectivity index (χ3v) is 5.77. The summed E-state index contributed by atoms with van der Waals surface area (Å²) in [6.45, 7) is 3.44. The number of hydrogen-bond acceptors (Lipinski definition) is 6. The predicted octanol–water partition coefficient (Wildman–Crippen LogP) is 2.63. The fourth-order valence-electron chi connectivity index (χ4n) is 3.40. The van der Waals surface area contributed by atoms with Crippen LogP contribution in [0.15, 0.2) is 24.5 Å². The highest BCUT2D eigenvalue weighted by Crippen LogP contribution is 2.29. The molecule has 28 heavy (non-hydrogen) atoms. The van der Waals surface area contributed by atoms with Crippen LogP contribution in [0.25, 0.3) is 22.3 Å². The summed E-state index contributed by atoms with van der Waals surface area (Å²) in [4.78, 5) is 9.64. The highest BCUT2D eigenvalue weighted by atomic mass is 32.2. The van der Waals surface area contributed by atoms with Crippen LogP contribution in [0.4, 0.5) is 0 Å². The molecule has 0 radical (unpaired) electrons. The normalized spacial score (nSPS) is 19.1. The highest BCUT2D eigenvalue weighted by molar-refractivity contribution is 8.13. The average molecular weight is 403 g/mol. The van der Waals surface area contributed by atoms with Gasteiger partial charge < -0.3 is 19.2 Å². The van der Waals surface area contributed by atoms with Crippen molar-refractivity contribution >= 4 is 38.7 Å². The molecule has 7 nitrogen and oxygen atoms in total. The summed E-state index contributed by atoms with van der Waals surface area (Å²) in [5, 5.41) is 11.1. The first-order valence-electron chi connectivity index (χ1n) is 9.38. The Morgan fingerprint density at radius 2 is 2.25 bits per heavy atom. The zero-order valence-electron chi connectivity index (χ0n) is 16.1. The van der Waals surface area contributed by atoms with Crippen molar-refractivity contribution in [3.63, 3.8) is 0 Å². The van der Waals surface area contributed by atoms with Gasteiger partial charge in [0.25, 0.3) is 0 Å². The number of hydrogen-bond donors (Lipinski definition) is 1. The van der Waals surface area contributed by atoms with Crippen molar-refractivity contribution in [1.82, 2.24) is 19.6 Å². The lowest BCUT2D eigenvalue weighted by Crippen LogP contribution is -2.14. The average Bonchev–Trinajstić information content (AvgIpc) is 3.29. The van der Waals surface area contributed by atoms with E-state index >= 15 is 0 Å². The van der Waals surface area contributed by atoms with E-state index in [-0.39, 0.29) is 10.5 Å². The smallest absolute Gasteiger partial charge is 0.161 e. The summed E-state index contributed by atoms with van der Waals surface area (Å²) < 4.78 is 13.2. The predicted molar refractivity (Wildman–Crippen MR) is 114 cm³/mol. The van der Waals surface area contributed by atoms with Gasteiger partial charge in [-0.05, 0) is 23.8 Å². The molecule has 0 saturated heterocycles. The van der Waals surface area contributed by atoms with Crippen molar-refractivity contribution in [3.8, 4) is 0 Å². The molecule has 0 fully saturated rings. The van der Waals surface area contributed by atoms with E-state index in [1.807, 2.05) is 23.0 Å². The van der Waals surface area contributed by atoms with Crippen LogP contribution in [0.5, 0.6) is 0 Å². The Labute approximate surface area is 167 Å². The molecule has 8 heteroatoms. The van der Waals surface area contributed by atoms with Crippen LogP contribution >= 0.6 is 10.5 Å². The molecule has 2 aliphatic heterocycles. The molecule has 150 valence electrons. The molecule has 2 aromatic rings. The van der Waals surface area contributed by atoms with Gasteiger partial charge in [0.15, 0.2) is 5.65 Å². The van der Waals surface area contributed by atoms with E-state index in [4.69, 9.17) is 19.4 Å². The topological polar surface area (TPSA) is 72.6 Å². The van der Waals surface area contributed by atoms with Gasteiger partial charge in [0.1, 0.15) is 12.2 Å². The molecular weight excluding hydrogens is 376 g/mol. The number of rotatable bonds is 7. The molecule has 0 bridgehead atoms. The fraction of sp³-hybridized carbons (Fsp3) is 0.450. The SMILES string of the molecule is C=[S@@](C)CCOCn1cc(C2=CCN(O)C2)c2nc(C3=CCOCC3)cnc21. The summed E-state index contributed by atoms with van der Waals surface area (Å²) in [5.74, 6) is 4.97. The Hall–Kier alpha value is -1.84. The van der Waals surface area contributed by atoms with Crippen molar-refractivity contribution in [2.75, 3.05) is 44.9 Å². The molecule has 1 N–H and O–H groups in total. The van der Waals surface area contributed by atoms with E-state index in [1.54, 1.807) is 0 Å². The molecule has 2 aliphatic rings. The Bertz CT molecular complexity index is 950. The van der Waals surface area contributed by atoms with Crippen LogP contribution in [0.1, 0.15) is 17.7 Å². The quantitative estimate of drug-likeness (QED) is 0.567. The van der Waals surface area contributed by atoms with Crippen molar-refractivity contribution in [3.05, 3.63) is 35.8 Å². The second kappa shape index (κ2) is 8.67. The lowest BCUT2D eigenvalue weighted by atomic mass is 10.1. The number of nitrogens with zero attached hydrogens (tertiary/aromatic N) is 4. The second-order valence-electron chi connectivity index (χ2n) is 7.09. The lowest BCUT2D eigenvalue weighted by molar-refractivity contribution is -0.0610. The molecular formula is C20H26N4O3S. The molecule has 0 unspecified atom stereocenters. The van der Waals surface area contributed by atoms with E-state index in [0.29, 0.717) is 39.6 Å². The highest BCUT2D eigenvalue weighted by Gasteiger charge is 2.21. The van der Waals surface area contributed by atoms with Gasteiger partial charge in [-0.25, -0.2) is 9.97 Å². The maximum Gasteiger partial charge on any atom is 0.161 e. The van der Waals surface area contributed by atoms with Gasteiger partial charge in [-0.1, -0.05) is 18.0 Å². The van der Waals surface area contributed by atoms with Gasteiger partial charge in [-0.15, -0.1) is 0 Å². The first kappa shape index (κ1) is 19.5. The van der Waals surface area contributed by atoms with E-state index in [0.717, 1.165) is 40.2 Å². The molecule has 2 aromatic heterocycles. The maximum absolute atomic E-state index is 9.81. The monoisotopic (exact) mass is 402 g/mol. The molecule has 4 heterocycles. The minimum absolute atomic E-state index is 0.121. The summed E-state index contributed by atoms with van der Waals surface area (Å²) in [7, 11) is 0.121. The molecule has 1 atom stereocenters. The van der Waals surface area contributed by atoms with Gasteiger partial charge in [-0.3, -0.25) is 0 Å². The molecule has 0 spiro atoms. The Balaban J connectivity index is 1.67. The summed E-state index contributed by atoms with van der Waals surface area (Å²) in [5.41, 5.74) is 5.78. The van der Waals surface area contributed by atoms with Crippen LogP contribution in [0.3, 0.4) is 0 Å². The maximum atomic E-state index is 9.81. The first-order valence-corrected chi connectivity index (χ1v) is 11.3. The molecule has 4 rings (SSSR count). The van der Waals surface area contributed by atoms with Crippen LogP contribution in [-0.2, 0) is 16.2 Å². The minimum Gasteiger partial charge on any atom is -0.377 e. The van der Waals surface area contributed by atoms with Gasteiger partial charge >= 0.3 is 0 Å². The summed E-state index contributed by atoms with van der Waals surface area (Å²) in [6, 6.07) is 0. The molecule has 0 amide bonds. The largest absolute Gasteiger partial charge is 0.377 e. The number of aromatic nitrogens is 3. The van der Waals surface area contributed by atoms with E-state index < -0.39 is 0 Å². The van der Waals surface area contributed by atoms with Gasteiger partial charge in [0.05, 0.1) is 31.7 Å². The third-order valence-electron chi connectivity index (χ3n) is 4.91. The molecule has 0 aliphatic carbocycles. The van der Waals surface area contributed by atoms with Crippen LogP contribution in [0.2, 0.25) is 0 Å². The minimum atomic E-state index is 0.121. The van der Waals surface area contributed by atoms with Gasteiger partial charge in [0, 0.05) is 30.6 Å². The fourth-order valence-corrected chi connectivity index (χ4v) is 3.80. The Morgan fingerprint density at radius 3 is 2.96 bits per heavy atom. The summed E-state index contributed by atoms with van der Waals surface area (Å²) >= 11 is 0. The number of fused-ring (bicyclic) bond motifs is 1. The molecule has 0 aromatic carbocycles. The summed E-state index contributed by atoms with van der Waals surface area (Å²) in [6.07, 6.45) is 10.9. The Kier molecular flexibility index (Phi) is 6.03. The number of ether oxygens (including phenoxy) is 2. The third kappa shape index (κ3) is 4.26. The zero-order chi connectivity index (χ0) is 19.5. The van der Waals surface area contributed by atoms with E-state index in [2.05, 4.69) is 18.2 Å². The first-order chi connectivity index (χ1) is 13.6. The van der Waals surface area contributed by atoms with Crippen LogP contribution < -0.4 is 0 Å².